The highest BCUT2D eigenvalue weighted by Crippen LogP contribution is 2.39. The zero-order chi connectivity index (χ0) is 20.8. The molecular weight excluding hydrogens is 400 g/mol. The van der Waals surface area contributed by atoms with Crippen molar-refractivity contribution in [2.24, 2.45) is 11.7 Å². The van der Waals surface area contributed by atoms with E-state index in [0.717, 1.165) is 55.7 Å². The fourth-order valence-corrected chi connectivity index (χ4v) is 5.54. The van der Waals surface area contributed by atoms with Gasteiger partial charge in [0.05, 0.1) is 9.75 Å². The summed E-state index contributed by atoms with van der Waals surface area (Å²) in [4.78, 5) is 43.9. The normalized spacial score (nSPS) is 25.2. The molecule has 5 rings (SSSR count). The summed E-state index contributed by atoms with van der Waals surface area (Å²) < 4.78 is 0. The first-order valence-electron chi connectivity index (χ1n) is 10.5. The highest BCUT2D eigenvalue weighted by atomic mass is 32.1. The average molecular weight is 425 g/mol. The number of rotatable bonds is 6. The number of nitrogens with two attached hydrogens (primary N) is 1. The maximum atomic E-state index is 12.6. The number of anilines is 1. The quantitative estimate of drug-likeness (QED) is 0.694. The van der Waals surface area contributed by atoms with Crippen LogP contribution in [0.25, 0.3) is 0 Å². The van der Waals surface area contributed by atoms with Crippen LogP contribution >= 0.6 is 11.3 Å². The van der Waals surface area contributed by atoms with E-state index >= 15 is 0 Å². The molecule has 8 heteroatoms. The minimum atomic E-state index is -0.511. The Labute approximate surface area is 178 Å². The summed E-state index contributed by atoms with van der Waals surface area (Å²) in [5, 5.41) is 3.13. The molecule has 0 radical (unpaired) electrons. The van der Waals surface area contributed by atoms with Gasteiger partial charge in [0.2, 0.25) is 0 Å². The zero-order valence-electron chi connectivity index (χ0n) is 16.5. The molecule has 2 aromatic heterocycles. The van der Waals surface area contributed by atoms with Gasteiger partial charge in [-0.1, -0.05) is 0 Å². The monoisotopic (exact) mass is 424 g/mol. The lowest BCUT2D eigenvalue weighted by molar-refractivity contribution is 0.0929. The first kappa shape index (κ1) is 19.2. The van der Waals surface area contributed by atoms with Gasteiger partial charge in [-0.25, -0.2) is 4.98 Å². The third-order valence-electron chi connectivity index (χ3n) is 6.39. The number of ketones is 1. The lowest BCUT2D eigenvalue weighted by Gasteiger charge is -2.40. The Morgan fingerprint density at radius 3 is 2.27 bits per heavy atom. The molecule has 3 fully saturated rings. The van der Waals surface area contributed by atoms with Gasteiger partial charge in [0, 0.05) is 35.8 Å². The van der Waals surface area contributed by atoms with Gasteiger partial charge in [0.25, 0.3) is 11.8 Å². The SMILES string of the molecule is NC(=O)c1ccc(C(=O)NC2C[C@H]3CC[C@@H](C2)N3c2ccc(C(=O)C3CC3)cn2)s1. The van der Waals surface area contributed by atoms with Crippen molar-refractivity contribution in [1.82, 2.24) is 10.3 Å². The van der Waals surface area contributed by atoms with E-state index in [1.165, 1.54) is 0 Å². The molecule has 2 bridgehead atoms. The van der Waals surface area contributed by atoms with Crippen LogP contribution in [0.4, 0.5) is 5.82 Å². The molecule has 156 valence electrons. The number of nitrogens with one attached hydrogen (secondary N) is 1. The predicted molar refractivity (Wildman–Crippen MR) is 114 cm³/mol. The number of aromatic nitrogens is 1. The molecular formula is C22H24N4O3S. The molecule has 7 nitrogen and oxygen atoms in total. The molecule has 3 atom stereocenters. The predicted octanol–water partition coefficient (Wildman–Crippen LogP) is 2.76. The number of amides is 2. The summed E-state index contributed by atoms with van der Waals surface area (Å²) in [5.74, 6) is 0.681. The molecule has 1 unspecified atom stereocenters. The molecule has 3 N–H and O–H groups in total. The number of carbonyl (C=O) groups is 3. The van der Waals surface area contributed by atoms with Crippen LogP contribution in [0.5, 0.6) is 0 Å². The number of primary amides is 1. The highest BCUT2D eigenvalue weighted by Gasteiger charge is 2.42. The molecule has 4 heterocycles. The second-order valence-corrected chi connectivity index (χ2v) is 9.59. The second-order valence-electron chi connectivity index (χ2n) is 8.51. The van der Waals surface area contributed by atoms with Crippen LogP contribution in [0.2, 0.25) is 0 Å². The molecule has 3 aliphatic rings. The lowest BCUT2D eigenvalue weighted by Crippen LogP contribution is -2.50. The molecule has 2 aromatic rings. The van der Waals surface area contributed by atoms with E-state index in [1.54, 1.807) is 18.3 Å². The third kappa shape index (κ3) is 3.60. The summed E-state index contributed by atoms with van der Waals surface area (Å²) >= 11 is 1.13. The number of fused-ring (bicyclic) bond motifs is 2. The van der Waals surface area contributed by atoms with Crippen molar-refractivity contribution in [2.45, 2.75) is 56.7 Å². The van der Waals surface area contributed by atoms with Gasteiger partial charge in [0.15, 0.2) is 5.78 Å². The largest absolute Gasteiger partial charge is 0.365 e. The van der Waals surface area contributed by atoms with Gasteiger partial charge in [0.1, 0.15) is 5.82 Å². The van der Waals surface area contributed by atoms with Crippen LogP contribution in [0, 0.1) is 5.92 Å². The Kier molecular flexibility index (Phi) is 4.81. The lowest BCUT2D eigenvalue weighted by atomic mass is 9.97. The molecule has 30 heavy (non-hydrogen) atoms. The molecule has 2 aliphatic heterocycles. The van der Waals surface area contributed by atoms with Crippen molar-refractivity contribution < 1.29 is 14.4 Å². The fourth-order valence-electron chi connectivity index (χ4n) is 4.78. The molecule has 2 amide bonds. The molecule has 1 aliphatic carbocycles. The molecule has 1 saturated carbocycles. The number of nitrogens with zero attached hydrogens (tertiary/aromatic N) is 2. The van der Waals surface area contributed by atoms with Gasteiger partial charge in [-0.3, -0.25) is 14.4 Å². The Morgan fingerprint density at radius 1 is 1.00 bits per heavy atom. The van der Waals surface area contributed by atoms with E-state index in [9.17, 15) is 14.4 Å². The van der Waals surface area contributed by atoms with Gasteiger partial charge in [-0.15, -0.1) is 11.3 Å². The summed E-state index contributed by atoms with van der Waals surface area (Å²) in [6, 6.07) is 7.88. The van der Waals surface area contributed by atoms with E-state index in [1.807, 2.05) is 12.1 Å². The summed E-state index contributed by atoms with van der Waals surface area (Å²) in [6.07, 6.45) is 7.59. The van der Waals surface area contributed by atoms with Gasteiger partial charge >= 0.3 is 0 Å². The van der Waals surface area contributed by atoms with Crippen LogP contribution in [-0.4, -0.2) is 40.7 Å². The van der Waals surface area contributed by atoms with Crippen molar-refractivity contribution in [2.75, 3.05) is 4.90 Å². The number of Topliss-reactive ketones (excluding diaryl/α,β-unsaturated/α-hetero) is 1. The van der Waals surface area contributed by atoms with Gasteiger partial charge in [-0.05, 0) is 62.8 Å². The van der Waals surface area contributed by atoms with Crippen molar-refractivity contribution in [3.8, 4) is 0 Å². The van der Waals surface area contributed by atoms with Crippen LogP contribution in [-0.2, 0) is 0 Å². The first-order valence-corrected chi connectivity index (χ1v) is 11.3. The van der Waals surface area contributed by atoms with Crippen LogP contribution < -0.4 is 16.0 Å². The number of carbonyl (C=O) groups excluding carboxylic acids is 3. The van der Waals surface area contributed by atoms with Crippen molar-refractivity contribution in [3.05, 3.63) is 45.8 Å². The third-order valence-corrected chi connectivity index (χ3v) is 7.48. The zero-order valence-corrected chi connectivity index (χ0v) is 17.4. The Morgan fingerprint density at radius 2 is 1.70 bits per heavy atom. The number of hydrogen-bond acceptors (Lipinski definition) is 6. The number of thiophene rings is 1. The molecule has 2 saturated heterocycles. The second kappa shape index (κ2) is 7.50. The Balaban J connectivity index is 1.24. The van der Waals surface area contributed by atoms with E-state index in [4.69, 9.17) is 5.73 Å². The van der Waals surface area contributed by atoms with E-state index < -0.39 is 5.91 Å². The van der Waals surface area contributed by atoms with E-state index in [-0.39, 0.29) is 23.7 Å². The minimum absolute atomic E-state index is 0.0982. The number of hydrogen-bond donors (Lipinski definition) is 2. The van der Waals surface area contributed by atoms with Gasteiger partial charge in [-0.2, -0.15) is 0 Å². The average Bonchev–Trinajstić information content (AvgIpc) is 3.39. The summed E-state index contributed by atoms with van der Waals surface area (Å²) in [6.45, 7) is 0. The van der Waals surface area contributed by atoms with Crippen LogP contribution in [0.3, 0.4) is 0 Å². The fraction of sp³-hybridized carbons (Fsp3) is 0.455. The van der Waals surface area contributed by atoms with Crippen LogP contribution in [0.15, 0.2) is 30.5 Å². The first-order chi connectivity index (χ1) is 14.5. The minimum Gasteiger partial charge on any atom is -0.365 e. The van der Waals surface area contributed by atoms with Crippen LogP contribution in [0.1, 0.15) is 68.2 Å². The smallest absolute Gasteiger partial charge is 0.261 e. The number of pyridine rings is 1. The van der Waals surface area contributed by atoms with Gasteiger partial charge < -0.3 is 16.0 Å². The van der Waals surface area contributed by atoms with Crippen molar-refractivity contribution in [1.29, 1.82) is 0 Å². The highest BCUT2D eigenvalue weighted by molar-refractivity contribution is 7.15. The van der Waals surface area contributed by atoms with Crippen molar-refractivity contribution >= 4 is 34.8 Å². The van der Waals surface area contributed by atoms with Crippen molar-refractivity contribution in [3.63, 3.8) is 0 Å². The Hall–Kier alpha value is -2.74. The standard InChI is InChI=1S/C22H24N4O3S/c23-21(28)17-6-7-18(30-17)22(29)25-14-9-15-4-5-16(10-14)26(15)19-8-3-13(11-24-19)20(27)12-1-2-12/h3,6-8,11-12,14-16H,1-2,4-5,9-10H2,(H2,23,28)(H,25,29)/t14?,15-,16+. The maximum Gasteiger partial charge on any atom is 0.261 e. The summed E-state index contributed by atoms with van der Waals surface area (Å²) in [7, 11) is 0. The topological polar surface area (TPSA) is 105 Å². The summed E-state index contributed by atoms with van der Waals surface area (Å²) in [5.41, 5.74) is 5.99. The Bertz CT molecular complexity index is 984. The van der Waals surface area contributed by atoms with E-state index in [0.29, 0.717) is 27.4 Å². The molecule has 0 aromatic carbocycles. The molecule has 0 spiro atoms. The maximum absolute atomic E-state index is 12.6. The van der Waals surface area contributed by atoms with E-state index in [2.05, 4.69) is 15.2 Å². The number of piperidine rings is 1.